The van der Waals surface area contributed by atoms with Crippen molar-refractivity contribution in [3.63, 3.8) is 0 Å². The molecule has 0 spiro atoms. The third-order valence-corrected chi connectivity index (χ3v) is 5.30. The summed E-state index contributed by atoms with van der Waals surface area (Å²) in [6, 6.07) is 11.0. The molecule has 3 rings (SSSR count). The highest BCUT2D eigenvalue weighted by Gasteiger charge is 2.25. The third kappa shape index (κ3) is 4.22. The van der Waals surface area contributed by atoms with Crippen LogP contribution >= 0.6 is 0 Å². The number of benzene rings is 1. The second-order valence-corrected chi connectivity index (χ2v) is 7.64. The summed E-state index contributed by atoms with van der Waals surface area (Å²) < 4.78 is 12.3. The molecule has 0 bridgehead atoms. The van der Waals surface area contributed by atoms with Crippen molar-refractivity contribution in [2.24, 2.45) is 5.92 Å². The number of aromatic nitrogens is 2. The van der Waals surface area contributed by atoms with E-state index in [4.69, 9.17) is 9.47 Å². The lowest BCUT2D eigenvalue weighted by molar-refractivity contribution is 0.0600. The van der Waals surface area contributed by atoms with E-state index in [0.717, 1.165) is 5.56 Å². The lowest BCUT2D eigenvalue weighted by atomic mass is 9.83. The molecular formula is C24H28N2O4. The van der Waals surface area contributed by atoms with Gasteiger partial charge in [0.25, 0.3) is 0 Å². The van der Waals surface area contributed by atoms with Gasteiger partial charge in [0.1, 0.15) is 5.69 Å². The van der Waals surface area contributed by atoms with Crippen molar-refractivity contribution in [3.8, 4) is 5.75 Å². The lowest BCUT2D eigenvalue weighted by Crippen LogP contribution is -2.16. The van der Waals surface area contributed by atoms with E-state index in [1.807, 2.05) is 54.8 Å². The van der Waals surface area contributed by atoms with Crippen molar-refractivity contribution in [2.75, 3.05) is 13.7 Å². The van der Waals surface area contributed by atoms with E-state index < -0.39 is 0 Å². The minimum absolute atomic E-state index is 0.0100. The fraction of sp³-hybridized carbons (Fsp3) is 0.375. The number of methoxy groups -OCH3 is 1. The van der Waals surface area contributed by atoms with Crippen LogP contribution < -0.4 is 4.74 Å². The molecular weight excluding hydrogens is 380 g/mol. The van der Waals surface area contributed by atoms with Gasteiger partial charge >= 0.3 is 5.97 Å². The molecule has 0 radical (unpaired) electrons. The number of carbonyl (C=O) groups excluding carboxylic acids is 2. The molecule has 1 aromatic carbocycles. The second-order valence-electron chi connectivity index (χ2n) is 7.64. The van der Waals surface area contributed by atoms with Gasteiger partial charge in [0.05, 0.1) is 25.0 Å². The fourth-order valence-corrected chi connectivity index (χ4v) is 3.81. The van der Waals surface area contributed by atoms with Crippen LogP contribution in [0.3, 0.4) is 0 Å². The zero-order valence-electron chi connectivity index (χ0n) is 18.1. The maximum absolute atomic E-state index is 13.4. The van der Waals surface area contributed by atoms with Crippen LogP contribution in [-0.4, -0.2) is 34.9 Å². The van der Waals surface area contributed by atoms with Gasteiger partial charge in [0.15, 0.2) is 17.2 Å². The lowest BCUT2D eigenvalue weighted by Gasteiger charge is -2.21. The van der Waals surface area contributed by atoms with Crippen molar-refractivity contribution in [2.45, 2.75) is 40.0 Å². The Hall–Kier alpha value is -3.15. The van der Waals surface area contributed by atoms with Crippen LogP contribution in [0.25, 0.3) is 5.65 Å². The molecule has 0 unspecified atom stereocenters. The summed E-state index contributed by atoms with van der Waals surface area (Å²) in [6.45, 7) is 8.45. The van der Waals surface area contributed by atoms with Crippen LogP contribution in [-0.2, 0) is 4.74 Å². The predicted octanol–water partition coefficient (Wildman–Crippen LogP) is 4.84. The summed E-state index contributed by atoms with van der Waals surface area (Å²) in [5, 5.41) is 0. The standard InChI is InChI=1S/C24H28N2O4/c1-6-30-21-11-8-12-26-22(16(4)25-23(21)26)20(27)14-19(15(2)3)17-9-7-10-18(13-17)24(28)29-5/h7-13,15,19H,6,14H2,1-5H3/t19-/m0/s1. The number of nitrogens with zero attached hydrogens (tertiary/aromatic N) is 2. The summed E-state index contributed by atoms with van der Waals surface area (Å²) in [5.74, 6) is 0.457. The average Bonchev–Trinajstić information content (AvgIpc) is 3.08. The summed E-state index contributed by atoms with van der Waals surface area (Å²) in [6.07, 6.45) is 2.16. The van der Waals surface area contributed by atoms with E-state index in [9.17, 15) is 9.59 Å². The summed E-state index contributed by atoms with van der Waals surface area (Å²) in [4.78, 5) is 29.9. The predicted molar refractivity (Wildman–Crippen MR) is 115 cm³/mol. The number of imidazole rings is 1. The van der Waals surface area contributed by atoms with Crippen LogP contribution in [0.2, 0.25) is 0 Å². The Morgan fingerprint density at radius 3 is 2.60 bits per heavy atom. The fourth-order valence-electron chi connectivity index (χ4n) is 3.81. The molecule has 2 aromatic heterocycles. The molecule has 0 aliphatic rings. The number of carbonyl (C=O) groups is 2. The molecule has 6 heteroatoms. The van der Waals surface area contributed by atoms with E-state index in [1.54, 1.807) is 6.07 Å². The minimum atomic E-state index is -0.383. The third-order valence-electron chi connectivity index (χ3n) is 5.30. The van der Waals surface area contributed by atoms with Crippen molar-refractivity contribution < 1.29 is 19.1 Å². The molecule has 0 saturated heterocycles. The van der Waals surface area contributed by atoms with Gasteiger partial charge in [-0.2, -0.15) is 0 Å². The molecule has 0 saturated carbocycles. The van der Waals surface area contributed by atoms with Crippen molar-refractivity contribution in [3.05, 3.63) is 65.1 Å². The van der Waals surface area contributed by atoms with Gasteiger partial charge in [-0.3, -0.25) is 9.20 Å². The van der Waals surface area contributed by atoms with Gasteiger partial charge in [-0.15, -0.1) is 0 Å². The Kier molecular flexibility index (Phi) is 6.55. The van der Waals surface area contributed by atoms with E-state index in [-0.39, 0.29) is 23.6 Å². The molecule has 1 atom stereocenters. The highest BCUT2D eigenvalue weighted by Crippen LogP contribution is 2.31. The number of fused-ring (bicyclic) bond motifs is 1. The normalized spacial score (nSPS) is 12.2. The van der Waals surface area contributed by atoms with Crippen molar-refractivity contribution in [1.29, 1.82) is 0 Å². The summed E-state index contributed by atoms with van der Waals surface area (Å²) >= 11 is 0. The Morgan fingerprint density at radius 1 is 1.17 bits per heavy atom. The number of aryl methyl sites for hydroxylation is 1. The first-order chi connectivity index (χ1) is 14.4. The number of rotatable bonds is 8. The van der Waals surface area contributed by atoms with Gasteiger partial charge in [0.2, 0.25) is 0 Å². The van der Waals surface area contributed by atoms with Crippen LogP contribution in [0.1, 0.15) is 65.2 Å². The van der Waals surface area contributed by atoms with Gasteiger partial charge in [-0.1, -0.05) is 26.0 Å². The number of ketones is 1. The summed E-state index contributed by atoms with van der Waals surface area (Å²) in [5.41, 5.74) is 3.33. The number of hydrogen-bond acceptors (Lipinski definition) is 5. The number of pyridine rings is 1. The Balaban J connectivity index is 1.96. The molecule has 0 N–H and O–H groups in total. The van der Waals surface area contributed by atoms with Gasteiger partial charge in [-0.25, -0.2) is 9.78 Å². The van der Waals surface area contributed by atoms with Gasteiger partial charge < -0.3 is 9.47 Å². The molecule has 30 heavy (non-hydrogen) atoms. The second kappa shape index (κ2) is 9.11. The van der Waals surface area contributed by atoms with Gasteiger partial charge in [-0.05, 0) is 55.5 Å². The van der Waals surface area contributed by atoms with Crippen LogP contribution in [0.5, 0.6) is 5.75 Å². The highest BCUT2D eigenvalue weighted by molar-refractivity contribution is 5.97. The molecule has 6 nitrogen and oxygen atoms in total. The van der Waals surface area contributed by atoms with Crippen LogP contribution in [0, 0.1) is 12.8 Å². The number of esters is 1. The largest absolute Gasteiger partial charge is 0.490 e. The zero-order chi connectivity index (χ0) is 21.8. The number of ether oxygens (including phenoxy) is 2. The highest BCUT2D eigenvalue weighted by atomic mass is 16.5. The van der Waals surface area contributed by atoms with E-state index in [1.165, 1.54) is 7.11 Å². The number of hydrogen-bond donors (Lipinski definition) is 0. The molecule has 3 aromatic rings. The zero-order valence-corrected chi connectivity index (χ0v) is 18.1. The maximum atomic E-state index is 13.4. The van der Waals surface area contributed by atoms with E-state index in [2.05, 4.69) is 18.8 Å². The average molecular weight is 408 g/mol. The van der Waals surface area contributed by atoms with Crippen molar-refractivity contribution >= 4 is 17.4 Å². The Labute approximate surface area is 176 Å². The minimum Gasteiger partial charge on any atom is -0.490 e. The first-order valence-corrected chi connectivity index (χ1v) is 10.2. The smallest absolute Gasteiger partial charge is 0.337 e. The number of Topliss-reactive ketones (excluding diaryl/α,β-unsaturated/α-hetero) is 1. The summed E-state index contributed by atoms with van der Waals surface area (Å²) in [7, 11) is 1.36. The first-order valence-electron chi connectivity index (χ1n) is 10.2. The monoisotopic (exact) mass is 408 g/mol. The van der Waals surface area contributed by atoms with Crippen LogP contribution in [0.4, 0.5) is 0 Å². The molecule has 2 heterocycles. The molecule has 158 valence electrons. The topological polar surface area (TPSA) is 69.9 Å². The quantitative estimate of drug-likeness (QED) is 0.394. The maximum Gasteiger partial charge on any atom is 0.337 e. The van der Waals surface area contributed by atoms with Gasteiger partial charge in [0, 0.05) is 12.6 Å². The van der Waals surface area contributed by atoms with E-state index >= 15 is 0 Å². The van der Waals surface area contributed by atoms with Crippen LogP contribution in [0.15, 0.2) is 42.6 Å². The van der Waals surface area contributed by atoms with E-state index in [0.29, 0.717) is 41.4 Å². The molecule has 0 aliphatic heterocycles. The SMILES string of the molecule is CCOc1cccn2c(C(=O)C[C@H](c3cccc(C(=O)OC)c3)C(C)C)c(C)nc12. The Morgan fingerprint density at radius 2 is 1.93 bits per heavy atom. The molecule has 0 amide bonds. The van der Waals surface area contributed by atoms with Crippen molar-refractivity contribution in [1.82, 2.24) is 9.38 Å². The first kappa shape index (κ1) is 21.6. The molecule has 0 fully saturated rings. The Bertz CT molecular complexity index is 1070. The molecule has 0 aliphatic carbocycles.